The number of rotatable bonds is 4. The molecule has 0 bridgehead atoms. The summed E-state index contributed by atoms with van der Waals surface area (Å²) in [5.74, 6) is -0.0507. The number of halogens is 2. The second-order valence-electron chi connectivity index (χ2n) is 5.66. The van der Waals surface area contributed by atoms with Gasteiger partial charge in [-0.15, -0.1) is 0 Å². The van der Waals surface area contributed by atoms with Gasteiger partial charge in [-0.2, -0.15) is 0 Å². The summed E-state index contributed by atoms with van der Waals surface area (Å²) in [5, 5.41) is 7.33. The number of hydrogen-bond donors (Lipinski definition) is 2. The molecule has 1 aromatic heterocycles. The van der Waals surface area contributed by atoms with Crippen molar-refractivity contribution in [2.75, 3.05) is 6.61 Å². The third-order valence-electron chi connectivity index (χ3n) is 3.94. The second-order valence-corrected chi connectivity index (χ2v) is 6.91. The predicted octanol–water partition coefficient (Wildman–Crippen LogP) is 4.47. The van der Waals surface area contributed by atoms with Crippen LogP contribution in [0.5, 0.6) is 0 Å². The van der Waals surface area contributed by atoms with Crippen molar-refractivity contribution in [3.63, 3.8) is 0 Å². The molecule has 26 heavy (non-hydrogen) atoms. The first-order valence-corrected chi connectivity index (χ1v) is 9.05. The minimum absolute atomic E-state index is 0.265. The van der Waals surface area contributed by atoms with Gasteiger partial charge in [0.25, 0.3) is 0 Å². The molecule has 0 spiro atoms. The Morgan fingerprint density at radius 3 is 2.85 bits per heavy atom. The molecule has 0 aliphatic carbocycles. The standard InChI is InChI=1S/C18H16Cl2N2O3S/c1-3-24-17(23)15-9(2)21-18(26)22-16(15)14-7-6-13(25-14)11-8-10(19)4-5-12(11)20/h4-8,15-16H,2-3H2,1H3,(H2,21,22,26). The molecule has 2 heterocycles. The average molecular weight is 411 g/mol. The van der Waals surface area contributed by atoms with Gasteiger partial charge in [0.2, 0.25) is 0 Å². The third kappa shape index (κ3) is 3.72. The lowest BCUT2D eigenvalue weighted by Crippen LogP contribution is -2.50. The SMILES string of the molecule is C=C1NC(=S)NC(c2ccc(-c3cc(Cl)ccc3Cl)o2)C1C(=O)OCC. The zero-order valence-corrected chi connectivity index (χ0v) is 16.2. The Balaban J connectivity index is 1.97. The fourth-order valence-electron chi connectivity index (χ4n) is 2.78. The zero-order valence-electron chi connectivity index (χ0n) is 13.8. The highest BCUT2D eigenvalue weighted by Gasteiger charge is 2.39. The van der Waals surface area contributed by atoms with E-state index in [0.717, 1.165) is 0 Å². The van der Waals surface area contributed by atoms with Gasteiger partial charge in [-0.25, -0.2) is 0 Å². The summed E-state index contributed by atoms with van der Waals surface area (Å²) < 4.78 is 11.1. The van der Waals surface area contributed by atoms with Gasteiger partial charge in [0.1, 0.15) is 23.5 Å². The number of hydrogen-bond acceptors (Lipinski definition) is 4. The van der Waals surface area contributed by atoms with Gasteiger partial charge in [0.05, 0.1) is 11.6 Å². The van der Waals surface area contributed by atoms with E-state index in [0.29, 0.717) is 37.9 Å². The van der Waals surface area contributed by atoms with Crippen LogP contribution in [0, 0.1) is 5.92 Å². The van der Waals surface area contributed by atoms with Crippen LogP contribution in [0.1, 0.15) is 18.7 Å². The Bertz CT molecular complexity index is 881. The quantitative estimate of drug-likeness (QED) is 0.572. The smallest absolute Gasteiger partial charge is 0.317 e. The minimum Gasteiger partial charge on any atom is -0.465 e. The molecule has 1 aliphatic rings. The van der Waals surface area contributed by atoms with Gasteiger partial charge < -0.3 is 19.8 Å². The molecule has 1 aromatic carbocycles. The van der Waals surface area contributed by atoms with E-state index in [1.807, 2.05) is 0 Å². The molecular weight excluding hydrogens is 395 g/mol. The highest BCUT2D eigenvalue weighted by Crippen LogP contribution is 2.36. The number of carbonyl (C=O) groups excluding carboxylic acids is 1. The molecule has 3 rings (SSSR count). The molecule has 0 amide bonds. The normalized spacial score (nSPS) is 19.7. The number of benzene rings is 1. The van der Waals surface area contributed by atoms with Crippen LogP contribution in [0.15, 0.2) is 47.0 Å². The van der Waals surface area contributed by atoms with Crippen molar-refractivity contribution in [2.45, 2.75) is 13.0 Å². The summed E-state index contributed by atoms with van der Waals surface area (Å²) in [7, 11) is 0. The highest BCUT2D eigenvalue weighted by molar-refractivity contribution is 7.80. The van der Waals surface area contributed by atoms with E-state index in [4.69, 9.17) is 44.6 Å². The van der Waals surface area contributed by atoms with E-state index in [1.54, 1.807) is 37.3 Å². The van der Waals surface area contributed by atoms with Crippen LogP contribution < -0.4 is 10.6 Å². The van der Waals surface area contributed by atoms with Crippen molar-refractivity contribution in [3.8, 4) is 11.3 Å². The van der Waals surface area contributed by atoms with Crippen LogP contribution in [0.25, 0.3) is 11.3 Å². The molecule has 2 aromatic rings. The number of esters is 1. The maximum absolute atomic E-state index is 12.4. The van der Waals surface area contributed by atoms with Crippen molar-refractivity contribution < 1.29 is 13.9 Å². The van der Waals surface area contributed by atoms with Gasteiger partial charge in [-0.1, -0.05) is 29.8 Å². The summed E-state index contributed by atoms with van der Waals surface area (Å²) >= 11 is 17.5. The number of carbonyl (C=O) groups is 1. The van der Waals surface area contributed by atoms with Gasteiger partial charge in [0, 0.05) is 16.3 Å². The molecule has 0 saturated carbocycles. The first kappa shape index (κ1) is 18.8. The fraction of sp³-hybridized carbons (Fsp3) is 0.222. The van der Waals surface area contributed by atoms with Crippen molar-refractivity contribution >= 4 is 46.5 Å². The summed E-state index contributed by atoms with van der Waals surface area (Å²) in [5.41, 5.74) is 1.12. The topological polar surface area (TPSA) is 63.5 Å². The molecule has 2 atom stereocenters. The van der Waals surface area contributed by atoms with Crippen molar-refractivity contribution in [3.05, 3.63) is 58.4 Å². The van der Waals surface area contributed by atoms with Crippen LogP contribution in [-0.4, -0.2) is 17.7 Å². The Kier molecular flexibility index (Phi) is 5.55. The van der Waals surface area contributed by atoms with Crippen LogP contribution in [0.4, 0.5) is 0 Å². The summed E-state index contributed by atoms with van der Waals surface area (Å²) in [6, 6.07) is 8.10. The lowest BCUT2D eigenvalue weighted by Gasteiger charge is -2.33. The van der Waals surface area contributed by atoms with E-state index in [2.05, 4.69) is 17.2 Å². The minimum atomic E-state index is -0.685. The zero-order chi connectivity index (χ0) is 18.8. The van der Waals surface area contributed by atoms with E-state index >= 15 is 0 Å². The first-order chi connectivity index (χ1) is 12.4. The molecule has 8 heteroatoms. The molecule has 136 valence electrons. The lowest BCUT2D eigenvalue weighted by molar-refractivity contribution is -0.148. The summed E-state index contributed by atoms with van der Waals surface area (Å²) in [6.45, 7) is 5.91. The Morgan fingerprint density at radius 1 is 1.35 bits per heavy atom. The van der Waals surface area contributed by atoms with Gasteiger partial charge in [-0.3, -0.25) is 4.79 Å². The van der Waals surface area contributed by atoms with Gasteiger partial charge in [0.15, 0.2) is 5.11 Å². The van der Waals surface area contributed by atoms with Gasteiger partial charge in [-0.05, 0) is 49.5 Å². The summed E-state index contributed by atoms with van der Waals surface area (Å²) in [4.78, 5) is 12.4. The van der Waals surface area contributed by atoms with Crippen LogP contribution in [-0.2, 0) is 9.53 Å². The number of furan rings is 1. The number of thiocarbonyl (C=S) groups is 1. The molecule has 5 nitrogen and oxygen atoms in total. The van der Waals surface area contributed by atoms with Crippen LogP contribution in [0.3, 0.4) is 0 Å². The number of ether oxygens (including phenoxy) is 1. The molecular formula is C18H16Cl2N2O3S. The van der Waals surface area contributed by atoms with Gasteiger partial charge >= 0.3 is 5.97 Å². The molecule has 1 saturated heterocycles. The summed E-state index contributed by atoms with van der Waals surface area (Å²) in [6.07, 6.45) is 0. The van der Waals surface area contributed by atoms with Crippen LogP contribution in [0.2, 0.25) is 10.0 Å². The Morgan fingerprint density at radius 2 is 2.12 bits per heavy atom. The Labute approximate surface area is 166 Å². The third-order valence-corrected chi connectivity index (χ3v) is 4.72. The first-order valence-electron chi connectivity index (χ1n) is 7.88. The largest absolute Gasteiger partial charge is 0.465 e. The fourth-order valence-corrected chi connectivity index (χ4v) is 3.42. The Hall–Kier alpha value is -2.02. The maximum atomic E-state index is 12.4. The molecule has 1 aliphatic heterocycles. The molecule has 1 fully saturated rings. The predicted molar refractivity (Wildman–Crippen MR) is 105 cm³/mol. The van der Waals surface area contributed by atoms with E-state index in [-0.39, 0.29) is 6.61 Å². The van der Waals surface area contributed by atoms with Crippen LogP contribution >= 0.6 is 35.4 Å². The molecule has 2 unspecified atom stereocenters. The second kappa shape index (κ2) is 7.70. The molecule has 2 N–H and O–H groups in total. The maximum Gasteiger partial charge on any atom is 0.317 e. The number of nitrogens with one attached hydrogen (secondary N) is 2. The van der Waals surface area contributed by atoms with E-state index < -0.39 is 17.9 Å². The van der Waals surface area contributed by atoms with Crippen molar-refractivity contribution in [1.29, 1.82) is 0 Å². The average Bonchev–Trinajstić information content (AvgIpc) is 3.06. The van der Waals surface area contributed by atoms with E-state index in [1.165, 1.54) is 0 Å². The highest BCUT2D eigenvalue weighted by atomic mass is 35.5. The molecule has 0 radical (unpaired) electrons. The van der Waals surface area contributed by atoms with Crippen molar-refractivity contribution in [2.24, 2.45) is 5.92 Å². The van der Waals surface area contributed by atoms with Crippen molar-refractivity contribution in [1.82, 2.24) is 10.6 Å². The van der Waals surface area contributed by atoms with E-state index in [9.17, 15) is 4.79 Å². The lowest BCUT2D eigenvalue weighted by atomic mass is 9.93. The monoisotopic (exact) mass is 410 g/mol.